The van der Waals surface area contributed by atoms with Crippen molar-refractivity contribution in [3.8, 4) is 0 Å². The number of phosphoric ester groups is 3. The Morgan fingerprint density at radius 2 is 0.619 bits per heavy atom. The molecule has 8 aliphatic heterocycles. The lowest BCUT2D eigenvalue weighted by Gasteiger charge is -2.30. The van der Waals surface area contributed by atoms with Crippen molar-refractivity contribution in [2.24, 2.45) is 20.0 Å². The van der Waals surface area contributed by atoms with E-state index in [0.717, 1.165) is 0 Å². The van der Waals surface area contributed by atoms with E-state index >= 15 is 0 Å². The highest BCUT2D eigenvalue weighted by Gasteiger charge is 2.51. The fourth-order valence-corrected chi connectivity index (χ4v) is 13.4. The average molecular weight is 1520 g/mol. The number of ether oxygens (including phenoxy) is 4. The Kier molecular flexibility index (Phi) is 30.6. The zero-order valence-electron chi connectivity index (χ0n) is 48.1. The number of aliphatic imine (C=N–C) groups is 4. The Labute approximate surface area is 544 Å². The lowest BCUT2D eigenvalue weighted by Crippen LogP contribution is -2.42. The minimum Gasteiger partial charge on any atom is -0.394 e. The quantitative estimate of drug-likeness (QED) is 0.0398. The van der Waals surface area contributed by atoms with Crippen molar-refractivity contribution in [2.45, 2.75) is 106 Å². The van der Waals surface area contributed by atoms with Crippen LogP contribution in [0.2, 0.25) is 0 Å². The van der Waals surface area contributed by atoms with E-state index in [1.807, 2.05) is 11.0 Å². The maximum atomic E-state index is 11.7. The highest BCUT2D eigenvalue weighted by molar-refractivity contribution is 7.66. The van der Waals surface area contributed by atoms with Crippen LogP contribution in [-0.4, -0.2) is 278 Å². The molecule has 0 amide bonds. The van der Waals surface area contributed by atoms with Crippen molar-refractivity contribution < 1.29 is 184 Å². The number of aliphatic hydroxyl groups is 9. The molecule has 0 aliphatic carbocycles. The number of phosphoric acid groups is 6. The number of nitrogens with one attached hydrogen (secondary N) is 4. The molecule has 3 unspecified atom stereocenters. The molecule has 0 saturated carbocycles. The molecule has 8 heterocycles. The molecule has 26 N–H and O–H groups in total. The van der Waals surface area contributed by atoms with Crippen LogP contribution in [0.25, 0.3) is 0 Å². The predicted molar refractivity (Wildman–Crippen MR) is 313 cm³/mol. The predicted octanol–water partition coefficient (Wildman–Crippen LogP) is -6.25. The first-order chi connectivity index (χ1) is 44.4. The van der Waals surface area contributed by atoms with Crippen molar-refractivity contribution in [1.82, 2.24) is 41.5 Å². The number of rotatable bonds is 20. The zero-order chi connectivity index (χ0) is 72.4. The summed E-state index contributed by atoms with van der Waals surface area (Å²) in [7, 11) is -31.8. The highest BCUT2D eigenvalue weighted by atomic mass is 31.3. The Morgan fingerprint density at radius 3 is 0.845 bits per heavy atom. The van der Waals surface area contributed by atoms with Gasteiger partial charge in [-0.3, -0.25) is 56.3 Å². The summed E-state index contributed by atoms with van der Waals surface area (Å²) in [6.07, 6.45) is -9.83. The molecule has 8 aliphatic rings. The molecular weight excluding hydrogens is 1450 g/mol. The minimum absolute atomic E-state index is 0. The number of hydrogen-bond donors (Lipinski definition) is 26. The summed E-state index contributed by atoms with van der Waals surface area (Å²) in [5.41, 5.74) is 7.26. The molecule has 552 valence electrons. The molecule has 0 aromatic rings. The lowest BCUT2D eigenvalue weighted by molar-refractivity contribution is -0.0693. The smallest absolute Gasteiger partial charge is 0.394 e. The summed E-state index contributed by atoms with van der Waals surface area (Å²) < 4.78 is 111. The Bertz CT molecular complexity index is 3370. The number of amidine groups is 4. The van der Waals surface area contributed by atoms with Gasteiger partial charge < -0.3 is 129 Å². The van der Waals surface area contributed by atoms with E-state index in [-0.39, 0.29) is 54.1 Å². The molecule has 0 aromatic carbocycles. The normalized spacial score (nSPS) is 32.1. The Morgan fingerprint density at radius 1 is 0.381 bits per heavy atom. The summed E-state index contributed by atoms with van der Waals surface area (Å²) in [6, 6.07) is 0. The van der Waals surface area contributed by atoms with Crippen molar-refractivity contribution in [2.75, 3.05) is 26.4 Å². The van der Waals surface area contributed by atoms with Crippen molar-refractivity contribution in [3.63, 3.8) is 0 Å². The minimum atomic E-state index is -5.70. The van der Waals surface area contributed by atoms with E-state index in [1.165, 1.54) is 68.7 Å². The number of hydrogen-bond acceptors (Lipinski definition) is 41. The maximum absolute atomic E-state index is 11.7. The van der Waals surface area contributed by atoms with Gasteiger partial charge in [-0.25, -0.2) is 47.4 Å². The van der Waals surface area contributed by atoms with Crippen LogP contribution in [0.5, 0.6) is 0 Å². The molecular formula is C41H70N12O38P6. The van der Waals surface area contributed by atoms with Gasteiger partial charge in [0.25, 0.3) is 0 Å². The zero-order valence-corrected chi connectivity index (χ0v) is 53.5. The van der Waals surface area contributed by atoms with Crippen molar-refractivity contribution >= 4 is 70.3 Å². The fourth-order valence-electron chi connectivity index (χ4n) is 8.43. The van der Waals surface area contributed by atoms with E-state index in [1.54, 1.807) is 11.0 Å². The largest absolute Gasteiger partial charge is 0.490 e. The van der Waals surface area contributed by atoms with E-state index in [0.29, 0.717) is 0 Å². The Balaban J connectivity index is 0.000000278. The monoisotopic (exact) mass is 1520 g/mol. The average Bonchev–Trinajstić information content (AvgIpc) is 1.69. The standard InChI is InChI=1S/C10H18N3O14P3.C10H17N3O11P2.C10H16N3O8P.C10H15N3O5.CH4/c1-5-11-7(12-16)2-3-13(5)10-9(15)8(14)6(25-10)4-24-29(20,21)27-30(22,23)26-28(17,18)19;1-5-11-7(12-16)2-3-13(5)10-9(15)8(14)6(23-10)4-22-26(20,21)24-25(17,18)19;1-5-11-7(12-16)2-3-13(5)10-9(15)8(14)6(21-10)4-20-22(17,18)19;1-5-11-7(12-17)2-3-13(5)10-9(16)8(15)6(4-14)18-10;/h2-3,6,8-10,14-16H,1,4H2,(H,11,12)(H,20,21)(H,22,23)(H2,17,18,19);2-3,6,8-10,14-16H,1,4H2,(H,11,12)(H,20,21)(H2,17,18,19);2-3,6,8-10,14-16H,1,4H2,(H,11,12)(H2,17,18,19);2-3,6,8-10,14-17H,1,4H2,(H,11,12);1H4/t4*6-,8-,9-,10-;/m1111./s1. The van der Waals surface area contributed by atoms with E-state index in [9.17, 15) is 78.0 Å². The van der Waals surface area contributed by atoms with E-state index in [4.69, 9.17) is 79.1 Å². The van der Waals surface area contributed by atoms with Crippen LogP contribution in [-0.2, 0) is 72.8 Å². The molecule has 0 bridgehead atoms. The van der Waals surface area contributed by atoms with Gasteiger partial charge in [-0.05, 0) is 24.3 Å². The first-order valence-corrected chi connectivity index (χ1v) is 34.9. The van der Waals surface area contributed by atoms with Crippen LogP contribution in [0, 0.1) is 0 Å². The number of nitrogens with zero attached hydrogens (tertiary/aromatic N) is 8. The van der Waals surface area contributed by atoms with Gasteiger partial charge in [-0.15, -0.1) is 0 Å². The summed E-state index contributed by atoms with van der Waals surface area (Å²) >= 11 is 0. The van der Waals surface area contributed by atoms with Crippen molar-refractivity contribution in [3.05, 3.63) is 98.7 Å². The third-order valence-electron chi connectivity index (χ3n) is 12.7. The van der Waals surface area contributed by atoms with Crippen LogP contribution in [0.1, 0.15) is 7.43 Å². The molecule has 0 aromatic heterocycles. The summed E-state index contributed by atoms with van der Waals surface area (Å²) in [4.78, 5) is 99.5. The van der Waals surface area contributed by atoms with Gasteiger partial charge in [0.1, 0.15) is 96.5 Å². The number of aliphatic hydroxyl groups excluding tert-OH is 9. The summed E-state index contributed by atoms with van der Waals surface area (Å²) in [6.45, 7) is 11.6. The van der Waals surface area contributed by atoms with Gasteiger partial charge in [-0.1, -0.05) is 33.7 Å². The topological polar surface area (TPSA) is 750 Å². The highest BCUT2D eigenvalue weighted by Crippen LogP contribution is 2.66. The maximum Gasteiger partial charge on any atom is 0.490 e. The molecule has 56 heteroatoms. The van der Waals surface area contributed by atoms with Crippen LogP contribution >= 0.6 is 46.9 Å². The van der Waals surface area contributed by atoms with Gasteiger partial charge in [0.2, 0.25) is 0 Å². The van der Waals surface area contributed by atoms with Gasteiger partial charge in [0, 0.05) is 24.8 Å². The van der Waals surface area contributed by atoms with Crippen molar-refractivity contribution in [1.29, 1.82) is 0 Å². The number of hydroxylamine groups is 4. The van der Waals surface area contributed by atoms with Gasteiger partial charge in [0.15, 0.2) is 48.3 Å². The molecule has 4 saturated heterocycles. The molecule has 0 spiro atoms. The van der Waals surface area contributed by atoms with Crippen LogP contribution in [0.3, 0.4) is 0 Å². The fraction of sp³-hybridized carbons (Fsp3) is 0.512. The SMILES string of the molecule is C.C=C1N=C(NO)C=CN1[C@@H]1O[C@H](CO)[C@@H](O)[C@H]1O.C=C1N=C(NO)C=CN1[C@@H]1O[C@H](COP(=O)(O)O)[C@@H](O)[C@H]1O.C=C1N=C(NO)C=CN1[C@@H]1O[C@H](COP(=O)(O)OP(=O)(O)O)[C@@H](O)[C@H]1O.C=C1N=C(NO)C=CN1[C@@H]1O[C@H](COP(=O)(O)OP(=O)(O)OP(=O)(O)O)[C@@H](O)[C@H]1O. The van der Waals surface area contributed by atoms with Gasteiger partial charge in [0.05, 0.1) is 26.4 Å². The summed E-state index contributed by atoms with van der Waals surface area (Å²) in [5.74, 6) is 0.774. The van der Waals surface area contributed by atoms with E-state index in [2.05, 4.69) is 72.8 Å². The molecule has 50 nitrogen and oxygen atoms in total. The van der Waals surface area contributed by atoms with Crippen LogP contribution in [0.15, 0.2) is 119 Å². The molecule has 4 fully saturated rings. The third kappa shape index (κ3) is 24.1. The van der Waals surface area contributed by atoms with E-state index < -0.39 is 172 Å². The first kappa shape index (κ1) is 84.5. The molecule has 97 heavy (non-hydrogen) atoms. The van der Waals surface area contributed by atoms with Gasteiger partial charge in [-0.2, -0.15) is 12.9 Å². The second kappa shape index (κ2) is 35.1. The second-order valence-corrected chi connectivity index (χ2v) is 27.9. The Hall–Kier alpha value is -4.90. The van der Waals surface area contributed by atoms with Crippen LogP contribution < -0.4 is 21.9 Å². The lowest BCUT2D eigenvalue weighted by atomic mass is 10.1. The van der Waals surface area contributed by atoms with Crippen LogP contribution in [0.4, 0.5) is 0 Å². The summed E-state index contributed by atoms with van der Waals surface area (Å²) in [5, 5.41) is 124. The first-order valence-electron chi connectivity index (χ1n) is 25.9. The second-order valence-electron chi connectivity index (χ2n) is 19.4. The molecule has 8 rings (SSSR count). The third-order valence-corrected chi connectivity index (χ3v) is 19.1. The molecule has 19 atom stereocenters. The molecule has 0 radical (unpaired) electrons. The van der Waals surface area contributed by atoms with Gasteiger partial charge >= 0.3 is 46.9 Å².